The van der Waals surface area contributed by atoms with Crippen molar-refractivity contribution in [2.75, 3.05) is 13.2 Å². The fourth-order valence-electron chi connectivity index (χ4n) is 9.50. The van der Waals surface area contributed by atoms with E-state index in [4.69, 9.17) is 9.47 Å². The number of carbonyl (C=O) groups is 2. The van der Waals surface area contributed by atoms with Crippen molar-refractivity contribution in [3.63, 3.8) is 0 Å². The molecule has 73 heavy (non-hydrogen) atoms. The Morgan fingerprint density at radius 3 is 0.890 bits per heavy atom. The molecule has 0 aliphatic carbocycles. The molecule has 0 fully saturated rings. The van der Waals surface area contributed by atoms with E-state index in [1.165, 1.54) is 212 Å². The molecule has 0 amide bonds. The van der Waals surface area contributed by atoms with Crippen LogP contribution in [0, 0.1) is 0 Å². The lowest BCUT2D eigenvalue weighted by Gasteiger charge is -2.15. The Balaban J connectivity index is 3.44. The Hall–Kier alpha value is -2.66. The van der Waals surface area contributed by atoms with Crippen LogP contribution in [0.25, 0.3) is 0 Å². The van der Waals surface area contributed by atoms with Crippen molar-refractivity contribution in [2.45, 2.75) is 335 Å². The van der Waals surface area contributed by atoms with Gasteiger partial charge in [-0.3, -0.25) is 9.59 Å². The van der Waals surface area contributed by atoms with Gasteiger partial charge in [0.25, 0.3) is 0 Å². The molecule has 0 aromatic carbocycles. The van der Waals surface area contributed by atoms with E-state index in [0.717, 1.165) is 89.9 Å². The predicted octanol–water partition coefficient (Wildman–Crippen LogP) is 21.9. The molecule has 0 heterocycles. The zero-order valence-electron chi connectivity index (χ0n) is 48.6. The van der Waals surface area contributed by atoms with Crippen LogP contribution in [0.4, 0.5) is 0 Å². The average molecular weight is 1020 g/mol. The number of hydrogen-bond donors (Lipinski definition) is 1. The van der Waals surface area contributed by atoms with Crippen molar-refractivity contribution < 1.29 is 24.2 Å². The van der Waals surface area contributed by atoms with Crippen LogP contribution in [-0.4, -0.2) is 36.4 Å². The first kappa shape index (κ1) is 70.3. The molecule has 0 radical (unpaired) electrons. The summed E-state index contributed by atoms with van der Waals surface area (Å²) in [4.78, 5) is 24.6. The fraction of sp³-hybridized carbons (Fsp3) is 0.794. The normalized spacial score (nSPS) is 12.6. The lowest BCUT2D eigenvalue weighted by Crippen LogP contribution is -2.28. The van der Waals surface area contributed by atoms with Crippen LogP contribution in [-0.2, 0) is 19.1 Å². The van der Waals surface area contributed by atoms with Gasteiger partial charge in [-0.05, 0) is 64.2 Å². The molecule has 1 N–H and O–H groups in total. The first-order chi connectivity index (χ1) is 36.1. The van der Waals surface area contributed by atoms with Crippen LogP contribution in [0.2, 0.25) is 0 Å². The van der Waals surface area contributed by atoms with Crippen molar-refractivity contribution in [3.05, 3.63) is 72.9 Å². The van der Waals surface area contributed by atoms with E-state index in [1.807, 2.05) is 0 Å². The molecule has 0 aromatic heterocycles. The van der Waals surface area contributed by atoms with Gasteiger partial charge in [-0.1, -0.05) is 324 Å². The Kier molecular flexibility index (Phi) is 61.3. The van der Waals surface area contributed by atoms with Crippen molar-refractivity contribution in [3.8, 4) is 0 Å². The monoisotopic (exact) mass is 1020 g/mol. The molecule has 0 aliphatic heterocycles. The number of aliphatic hydroxyl groups excluding tert-OH is 1. The van der Waals surface area contributed by atoms with Crippen molar-refractivity contribution in [2.24, 2.45) is 0 Å². The lowest BCUT2D eigenvalue weighted by atomic mass is 10.0. The van der Waals surface area contributed by atoms with Gasteiger partial charge in [0, 0.05) is 12.8 Å². The summed E-state index contributed by atoms with van der Waals surface area (Å²) in [6.45, 7) is 4.04. The number of rotatable bonds is 59. The molecule has 5 heteroatoms. The quantitative estimate of drug-likeness (QED) is 0.0373. The topological polar surface area (TPSA) is 72.8 Å². The van der Waals surface area contributed by atoms with Gasteiger partial charge in [0.15, 0.2) is 6.10 Å². The van der Waals surface area contributed by atoms with Crippen molar-refractivity contribution in [1.82, 2.24) is 0 Å². The standard InChI is InChI=1S/C68H122O5/c1-3-5-7-9-11-13-15-17-19-21-23-25-27-28-29-30-31-32-33-34-35-36-37-38-39-41-42-44-46-48-50-52-54-56-58-60-62-67(70)72-65-66(64-69)73-68(71)63-61-59-57-55-53-51-49-47-45-43-40-26-24-22-20-18-16-14-12-10-8-6-4-2/h6,8,12,14,18,20,24,26,43,45,49,51,66,69H,3-5,7,9-11,13,15-17,19,21-23,25,27-42,44,46-48,50,52-65H2,1-2H3/b8-6-,14-12-,20-18-,26-24-,45-43-,51-49-. The molecule has 0 rings (SSSR count). The largest absolute Gasteiger partial charge is 0.462 e. The van der Waals surface area contributed by atoms with Gasteiger partial charge in [-0.15, -0.1) is 0 Å². The zero-order chi connectivity index (χ0) is 52.7. The van der Waals surface area contributed by atoms with Gasteiger partial charge in [-0.25, -0.2) is 0 Å². The number of hydrogen-bond acceptors (Lipinski definition) is 5. The molecular formula is C68H122O5. The summed E-state index contributed by atoms with van der Waals surface area (Å²) in [6.07, 6.45) is 87.8. The van der Waals surface area contributed by atoms with Gasteiger partial charge in [0.05, 0.1) is 6.61 Å². The molecule has 0 aliphatic rings. The maximum Gasteiger partial charge on any atom is 0.306 e. The second-order valence-corrected chi connectivity index (χ2v) is 21.5. The summed E-state index contributed by atoms with van der Waals surface area (Å²) in [5.74, 6) is -0.610. The average Bonchev–Trinajstić information content (AvgIpc) is 3.39. The number of unbranched alkanes of at least 4 members (excludes halogenated alkanes) is 39. The van der Waals surface area contributed by atoms with Crippen LogP contribution < -0.4 is 0 Å². The number of allylic oxidation sites excluding steroid dienone is 12. The van der Waals surface area contributed by atoms with Crippen molar-refractivity contribution in [1.29, 1.82) is 0 Å². The van der Waals surface area contributed by atoms with Gasteiger partial charge < -0.3 is 14.6 Å². The van der Waals surface area contributed by atoms with E-state index < -0.39 is 6.10 Å². The Morgan fingerprint density at radius 2 is 0.589 bits per heavy atom. The molecular weight excluding hydrogens is 897 g/mol. The number of aliphatic hydroxyl groups is 1. The molecule has 424 valence electrons. The summed E-state index contributed by atoms with van der Waals surface area (Å²) < 4.78 is 10.7. The Labute approximate surface area is 454 Å². The number of carbonyl (C=O) groups excluding carboxylic acids is 2. The maximum absolute atomic E-state index is 12.3. The zero-order valence-corrected chi connectivity index (χ0v) is 48.6. The SMILES string of the molecule is CC/C=C\C/C=C\C/C=C\C/C=C\C/C=C\C/C=C\CCCCCCC(=O)OC(CO)COC(=O)CCCCCCCCCCCCCCCCCCCCCCCCCCCCCCCCCCCCCC. The van der Waals surface area contributed by atoms with E-state index in [2.05, 4.69) is 86.8 Å². The highest BCUT2D eigenvalue weighted by Crippen LogP contribution is 2.18. The highest BCUT2D eigenvalue weighted by atomic mass is 16.6. The van der Waals surface area contributed by atoms with Crippen LogP contribution in [0.3, 0.4) is 0 Å². The molecule has 1 unspecified atom stereocenters. The smallest absolute Gasteiger partial charge is 0.306 e. The van der Waals surface area contributed by atoms with Crippen LogP contribution in [0.5, 0.6) is 0 Å². The predicted molar refractivity (Wildman–Crippen MR) is 320 cm³/mol. The summed E-state index contributed by atoms with van der Waals surface area (Å²) in [7, 11) is 0. The minimum atomic E-state index is -0.789. The molecule has 0 saturated carbocycles. The first-order valence-electron chi connectivity index (χ1n) is 32.0. The second kappa shape index (κ2) is 63.6. The van der Waals surface area contributed by atoms with E-state index in [-0.39, 0.29) is 25.2 Å². The Bertz CT molecular complexity index is 1290. The highest BCUT2D eigenvalue weighted by molar-refractivity contribution is 5.70. The summed E-state index contributed by atoms with van der Waals surface area (Å²) >= 11 is 0. The third-order valence-corrected chi connectivity index (χ3v) is 14.3. The molecule has 0 saturated heterocycles. The third kappa shape index (κ3) is 61.8. The molecule has 0 aromatic rings. The molecule has 0 bridgehead atoms. The Morgan fingerprint density at radius 1 is 0.329 bits per heavy atom. The maximum atomic E-state index is 12.3. The molecule has 1 atom stereocenters. The van der Waals surface area contributed by atoms with Crippen LogP contribution in [0.15, 0.2) is 72.9 Å². The van der Waals surface area contributed by atoms with E-state index in [9.17, 15) is 14.7 Å². The summed E-state index contributed by atoms with van der Waals surface area (Å²) in [6, 6.07) is 0. The van der Waals surface area contributed by atoms with E-state index in [1.54, 1.807) is 0 Å². The van der Waals surface area contributed by atoms with Gasteiger partial charge in [0.2, 0.25) is 0 Å². The minimum Gasteiger partial charge on any atom is -0.462 e. The highest BCUT2D eigenvalue weighted by Gasteiger charge is 2.16. The minimum absolute atomic E-state index is 0.0767. The van der Waals surface area contributed by atoms with Crippen LogP contribution >= 0.6 is 0 Å². The van der Waals surface area contributed by atoms with Crippen molar-refractivity contribution >= 4 is 11.9 Å². The number of esters is 2. The number of ether oxygens (including phenoxy) is 2. The lowest BCUT2D eigenvalue weighted by molar-refractivity contribution is -0.161. The van der Waals surface area contributed by atoms with Crippen LogP contribution in [0.1, 0.15) is 328 Å². The van der Waals surface area contributed by atoms with Gasteiger partial charge in [-0.2, -0.15) is 0 Å². The van der Waals surface area contributed by atoms with E-state index in [0.29, 0.717) is 12.8 Å². The van der Waals surface area contributed by atoms with Gasteiger partial charge in [0.1, 0.15) is 6.61 Å². The fourth-order valence-corrected chi connectivity index (χ4v) is 9.50. The first-order valence-corrected chi connectivity index (χ1v) is 32.0. The summed E-state index contributed by atoms with van der Waals surface area (Å²) in [5, 5.41) is 9.67. The third-order valence-electron chi connectivity index (χ3n) is 14.3. The molecule has 5 nitrogen and oxygen atoms in total. The molecule has 0 spiro atoms. The second-order valence-electron chi connectivity index (χ2n) is 21.5. The van der Waals surface area contributed by atoms with Gasteiger partial charge >= 0.3 is 11.9 Å². The summed E-state index contributed by atoms with van der Waals surface area (Å²) in [5.41, 5.74) is 0. The van der Waals surface area contributed by atoms with E-state index >= 15 is 0 Å².